The van der Waals surface area contributed by atoms with E-state index in [1.807, 2.05) is 55.5 Å². The fraction of sp³-hybridized carbons (Fsp3) is 0.100. The van der Waals surface area contributed by atoms with Crippen LogP contribution in [0.1, 0.15) is 11.1 Å². The number of hydrogen-bond donors (Lipinski definition) is 1. The number of aryl methyl sites for hydroxylation is 1. The second-order valence-corrected chi connectivity index (χ2v) is 7.92. The van der Waals surface area contributed by atoms with Gasteiger partial charge < -0.3 is 5.32 Å². The summed E-state index contributed by atoms with van der Waals surface area (Å²) in [7, 11) is 0. The first-order valence-corrected chi connectivity index (χ1v) is 10.0. The molecule has 0 fully saturated rings. The number of pyridine rings is 1. The number of nitrogens with zero attached hydrogens (tertiary/aromatic N) is 3. The Labute approximate surface area is 164 Å². The molecule has 0 saturated heterocycles. The number of para-hydroxylation sites is 2. The van der Waals surface area contributed by atoms with Crippen molar-refractivity contribution < 1.29 is 4.79 Å². The topological polar surface area (TPSA) is 78.7 Å². The van der Waals surface area contributed by atoms with E-state index in [-0.39, 0.29) is 11.7 Å². The van der Waals surface area contributed by atoms with Crippen LogP contribution in [0.3, 0.4) is 0 Å². The van der Waals surface area contributed by atoms with Crippen molar-refractivity contribution in [2.75, 3.05) is 11.1 Å². The van der Waals surface area contributed by atoms with Crippen LogP contribution >= 0.6 is 23.1 Å². The number of anilines is 1. The number of hydrogen-bond acceptors (Lipinski definition) is 6. The molecule has 27 heavy (non-hydrogen) atoms. The van der Waals surface area contributed by atoms with Crippen LogP contribution in [-0.2, 0) is 4.79 Å². The number of nitrogens with one attached hydrogen (secondary N) is 1. The highest BCUT2D eigenvalue weighted by atomic mass is 32.2. The molecule has 2 aromatic carbocycles. The van der Waals surface area contributed by atoms with E-state index in [4.69, 9.17) is 0 Å². The van der Waals surface area contributed by atoms with Crippen LogP contribution in [0.25, 0.3) is 21.1 Å². The predicted octanol–water partition coefficient (Wildman–Crippen LogP) is 4.76. The van der Waals surface area contributed by atoms with E-state index in [0.29, 0.717) is 15.7 Å². The predicted molar refractivity (Wildman–Crippen MR) is 110 cm³/mol. The number of benzene rings is 2. The number of thiazole rings is 1. The second kappa shape index (κ2) is 7.35. The molecule has 132 valence electrons. The lowest BCUT2D eigenvalue weighted by Crippen LogP contribution is -2.14. The summed E-state index contributed by atoms with van der Waals surface area (Å²) in [4.78, 5) is 21.3. The van der Waals surface area contributed by atoms with Gasteiger partial charge in [0.2, 0.25) is 5.91 Å². The molecule has 0 bridgehead atoms. The van der Waals surface area contributed by atoms with E-state index >= 15 is 0 Å². The van der Waals surface area contributed by atoms with Crippen molar-refractivity contribution >= 4 is 55.3 Å². The van der Waals surface area contributed by atoms with E-state index in [1.165, 1.54) is 23.1 Å². The van der Waals surface area contributed by atoms with Crippen LogP contribution in [0, 0.1) is 18.3 Å². The van der Waals surface area contributed by atoms with Crippen molar-refractivity contribution in [3.63, 3.8) is 0 Å². The average molecular weight is 390 g/mol. The normalized spacial score (nSPS) is 10.8. The summed E-state index contributed by atoms with van der Waals surface area (Å²) < 4.78 is 1.03. The number of nitriles is 1. The number of aromatic nitrogens is 2. The molecule has 2 aromatic heterocycles. The van der Waals surface area contributed by atoms with Crippen LogP contribution in [-0.4, -0.2) is 21.6 Å². The summed E-state index contributed by atoms with van der Waals surface area (Å²) in [5.74, 6) is -0.00994. The van der Waals surface area contributed by atoms with E-state index < -0.39 is 0 Å². The van der Waals surface area contributed by atoms with Crippen molar-refractivity contribution in [1.29, 1.82) is 5.26 Å². The Morgan fingerprint density at radius 2 is 2.07 bits per heavy atom. The third kappa shape index (κ3) is 3.63. The van der Waals surface area contributed by atoms with Crippen LogP contribution < -0.4 is 5.32 Å². The van der Waals surface area contributed by atoms with Gasteiger partial charge in [-0.1, -0.05) is 53.4 Å². The Morgan fingerprint density at radius 1 is 1.22 bits per heavy atom. The fourth-order valence-corrected chi connectivity index (χ4v) is 4.37. The highest BCUT2D eigenvalue weighted by Crippen LogP contribution is 2.28. The molecule has 0 spiro atoms. The lowest BCUT2D eigenvalue weighted by atomic mass is 10.1. The largest absolute Gasteiger partial charge is 0.301 e. The molecule has 4 rings (SSSR count). The molecule has 5 nitrogen and oxygen atoms in total. The standard InChI is InChI=1S/C20H14N4OS2/c1-12-5-4-6-13-9-14(10-21)19(24-18(12)13)26-11-17(25)23-20-22-15-7-2-3-8-16(15)27-20/h2-9H,11H2,1H3,(H,22,23,25). The molecular weight excluding hydrogens is 376 g/mol. The zero-order valence-corrected chi connectivity index (χ0v) is 16.0. The lowest BCUT2D eigenvalue weighted by molar-refractivity contribution is -0.113. The van der Waals surface area contributed by atoms with Gasteiger partial charge in [-0.2, -0.15) is 5.26 Å². The average Bonchev–Trinajstić information content (AvgIpc) is 3.08. The number of thioether (sulfide) groups is 1. The van der Waals surface area contributed by atoms with Crippen LogP contribution in [0.2, 0.25) is 0 Å². The van der Waals surface area contributed by atoms with Crippen molar-refractivity contribution in [2.24, 2.45) is 0 Å². The molecule has 7 heteroatoms. The molecule has 0 radical (unpaired) electrons. The summed E-state index contributed by atoms with van der Waals surface area (Å²) in [6.07, 6.45) is 0. The molecule has 2 heterocycles. The number of fused-ring (bicyclic) bond motifs is 2. The molecule has 1 N–H and O–H groups in total. The van der Waals surface area contributed by atoms with E-state index in [2.05, 4.69) is 21.4 Å². The van der Waals surface area contributed by atoms with Gasteiger partial charge in [-0.3, -0.25) is 4.79 Å². The highest BCUT2D eigenvalue weighted by molar-refractivity contribution is 8.00. The Hall–Kier alpha value is -2.95. The third-order valence-electron chi connectivity index (χ3n) is 4.01. The van der Waals surface area contributed by atoms with Crippen LogP contribution in [0.4, 0.5) is 5.13 Å². The molecule has 0 unspecified atom stereocenters. The lowest BCUT2D eigenvalue weighted by Gasteiger charge is -2.07. The minimum atomic E-state index is -0.172. The van der Waals surface area contributed by atoms with E-state index in [1.54, 1.807) is 0 Å². The minimum Gasteiger partial charge on any atom is -0.301 e. The van der Waals surface area contributed by atoms with Gasteiger partial charge in [0.25, 0.3) is 0 Å². The van der Waals surface area contributed by atoms with Gasteiger partial charge in [0.15, 0.2) is 5.13 Å². The Morgan fingerprint density at radius 3 is 2.89 bits per heavy atom. The zero-order valence-electron chi connectivity index (χ0n) is 14.4. The SMILES string of the molecule is Cc1cccc2cc(C#N)c(SCC(=O)Nc3nc4ccccc4s3)nc12. The molecule has 1 amide bonds. The minimum absolute atomic E-state index is 0.162. The molecule has 0 aliphatic heterocycles. The molecule has 0 saturated carbocycles. The number of amides is 1. The van der Waals surface area contributed by atoms with Crippen LogP contribution in [0.5, 0.6) is 0 Å². The van der Waals surface area contributed by atoms with Crippen LogP contribution in [0.15, 0.2) is 53.6 Å². The summed E-state index contributed by atoms with van der Waals surface area (Å²) >= 11 is 2.70. The summed E-state index contributed by atoms with van der Waals surface area (Å²) in [5, 5.41) is 14.3. The second-order valence-electron chi connectivity index (χ2n) is 5.92. The number of carbonyl (C=O) groups excluding carboxylic acids is 1. The molecule has 0 atom stereocenters. The van der Waals surface area contributed by atoms with Gasteiger partial charge in [0, 0.05) is 5.39 Å². The maximum absolute atomic E-state index is 12.3. The Kier molecular flexibility index (Phi) is 4.75. The van der Waals surface area contributed by atoms with Crippen molar-refractivity contribution in [2.45, 2.75) is 11.9 Å². The molecule has 0 aliphatic rings. The summed E-state index contributed by atoms with van der Waals surface area (Å²) in [6, 6.07) is 17.6. The van der Waals surface area contributed by atoms with Gasteiger partial charge in [-0.05, 0) is 30.7 Å². The van der Waals surface area contributed by atoms with E-state index in [9.17, 15) is 10.1 Å². The van der Waals surface area contributed by atoms with Crippen molar-refractivity contribution in [3.05, 3.63) is 59.7 Å². The maximum atomic E-state index is 12.3. The molecule has 4 aromatic rings. The first kappa shape index (κ1) is 17.5. The Bertz CT molecular complexity index is 1180. The first-order chi connectivity index (χ1) is 13.1. The first-order valence-electron chi connectivity index (χ1n) is 8.23. The van der Waals surface area contributed by atoms with Crippen molar-refractivity contribution in [1.82, 2.24) is 9.97 Å². The zero-order chi connectivity index (χ0) is 18.8. The number of rotatable bonds is 4. The van der Waals surface area contributed by atoms with Crippen molar-refractivity contribution in [3.8, 4) is 6.07 Å². The molecular formula is C20H14N4OS2. The number of carbonyl (C=O) groups is 1. The summed E-state index contributed by atoms with van der Waals surface area (Å²) in [5.41, 5.74) is 3.23. The third-order valence-corrected chi connectivity index (χ3v) is 5.96. The molecule has 0 aliphatic carbocycles. The maximum Gasteiger partial charge on any atom is 0.236 e. The van der Waals surface area contributed by atoms with Gasteiger partial charge in [0.1, 0.15) is 11.1 Å². The smallest absolute Gasteiger partial charge is 0.236 e. The van der Waals surface area contributed by atoms with Gasteiger partial charge in [-0.25, -0.2) is 9.97 Å². The fourth-order valence-electron chi connectivity index (χ4n) is 2.73. The van der Waals surface area contributed by atoms with Gasteiger partial charge in [-0.15, -0.1) is 0 Å². The van der Waals surface area contributed by atoms with Gasteiger partial charge in [0.05, 0.1) is 27.0 Å². The van der Waals surface area contributed by atoms with E-state index in [0.717, 1.165) is 26.7 Å². The summed E-state index contributed by atoms with van der Waals surface area (Å²) in [6.45, 7) is 1.98. The Balaban J connectivity index is 1.51. The quantitative estimate of drug-likeness (QED) is 0.509. The van der Waals surface area contributed by atoms with Gasteiger partial charge >= 0.3 is 0 Å². The highest BCUT2D eigenvalue weighted by Gasteiger charge is 2.12. The monoisotopic (exact) mass is 390 g/mol.